The highest BCUT2D eigenvalue weighted by atomic mass is 16.5. The topological polar surface area (TPSA) is 72.6 Å². The number of rotatable bonds is 5. The van der Waals surface area contributed by atoms with Crippen molar-refractivity contribution < 1.29 is 14.3 Å². The SMILES string of the molecule is COc1ccccc1N(C1=C(C)C(=O)CC1)C1CCC(C(N)=O)CC1. The Morgan fingerprint density at radius 2 is 1.84 bits per heavy atom. The second-order valence-corrected chi connectivity index (χ2v) is 6.94. The van der Waals surface area contributed by atoms with Gasteiger partial charge in [-0.25, -0.2) is 0 Å². The highest BCUT2D eigenvalue weighted by molar-refractivity contribution is 5.99. The monoisotopic (exact) mass is 342 g/mol. The molecule has 0 unspecified atom stereocenters. The maximum atomic E-state index is 12.1. The van der Waals surface area contributed by atoms with Crippen LogP contribution in [0.2, 0.25) is 0 Å². The van der Waals surface area contributed by atoms with Crippen LogP contribution >= 0.6 is 0 Å². The van der Waals surface area contributed by atoms with Crippen LogP contribution in [0.4, 0.5) is 5.69 Å². The number of primary amides is 1. The first-order valence-electron chi connectivity index (χ1n) is 8.97. The van der Waals surface area contributed by atoms with Gasteiger partial charge in [-0.2, -0.15) is 0 Å². The summed E-state index contributed by atoms with van der Waals surface area (Å²) in [4.78, 5) is 25.9. The van der Waals surface area contributed by atoms with E-state index in [0.29, 0.717) is 6.42 Å². The summed E-state index contributed by atoms with van der Waals surface area (Å²) in [6.45, 7) is 1.92. The summed E-state index contributed by atoms with van der Waals surface area (Å²) in [6.07, 6.45) is 4.70. The number of carbonyl (C=O) groups is 2. The van der Waals surface area contributed by atoms with E-state index in [-0.39, 0.29) is 23.7 Å². The van der Waals surface area contributed by atoms with Crippen LogP contribution in [0.25, 0.3) is 0 Å². The van der Waals surface area contributed by atoms with E-state index < -0.39 is 0 Å². The normalized spacial score (nSPS) is 23.7. The minimum Gasteiger partial charge on any atom is -0.495 e. The highest BCUT2D eigenvalue weighted by Crippen LogP contribution is 2.41. The summed E-state index contributed by atoms with van der Waals surface area (Å²) in [6, 6.07) is 8.19. The lowest BCUT2D eigenvalue weighted by atomic mass is 9.84. The van der Waals surface area contributed by atoms with Gasteiger partial charge in [-0.1, -0.05) is 12.1 Å². The standard InChI is InChI=1S/C20H26N2O3/c1-13-16(11-12-18(13)23)22(17-5-3-4-6-19(17)25-2)15-9-7-14(8-10-15)20(21)24/h3-6,14-15H,7-12H2,1-2H3,(H2,21,24). The summed E-state index contributed by atoms with van der Waals surface area (Å²) >= 11 is 0. The Balaban J connectivity index is 1.96. The quantitative estimate of drug-likeness (QED) is 0.892. The van der Waals surface area contributed by atoms with Gasteiger partial charge in [0, 0.05) is 29.7 Å². The van der Waals surface area contributed by atoms with Crippen LogP contribution in [0.5, 0.6) is 5.75 Å². The van der Waals surface area contributed by atoms with Crippen molar-refractivity contribution in [1.82, 2.24) is 0 Å². The maximum Gasteiger partial charge on any atom is 0.220 e. The molecule has 1 saturated carbocycles. The van der Waals surface area contributed by atoms with Crippen molar-refractivity contribution in [3.63, 3.8) is 0 Å². The predicted molar refractivity (Wildman–Crippen MR) is 97.4 cm³/mol. The molecule has 25 heavy (non-hydrogen) atoms. The fraction of sp³-hybridized carbons (Fsp3) is 0.500. The molecule has 1 fully saturated rings. The number of Topliss-reactive ketones (excluding diaryl/α,β-unsaturated/α-hetero) is 1. The average molecular weight is 342 g/mol. The van der Waals surface area contributed by atoms with Crippen molar-refractivity contribution in [3.05, 3.63) is 35.5 Å². The van der Waals surface area contributed by atoms with E-state index in [0.717, 1.165) is 54.8 Å². The van der Waals surface area contributed by atoms with Gasteiger partial charge in [0.25, 0.3) is 0 Å². The van der Waals surface area contributed by atoms with Crippen LogP contribution in [0, 0.1) is 5.92 Å². The highest BCUT2D eigenvalue weighted by Gasteiger charge is 2.34. The molecule has 2 aliphatic carbocycles. The summed E-state index contributed by atoms with van der Waals surface area (Å²) < 4.78 is 5.57. The van der Waals surface area contributed by atoms with Crippen LogP contribution in [0.15, 0.2) is 35.5 Å². The number of ether oxygens (including phenoxy) is 1. The molecule has 134 valence electrons. The number of anilines is 1. The van der Waals surface area contributed by atoms with E-state index in [1.165, 1.54) is 0 Å². The lowest BCUT2D eigenvalue weighted by Gasteiger charge is -2.39. The van der Waals surface area contributed by atoms with Gasteiger partial charge in [0.05, 0.1) is 12.8 Å². The third-order valence-corrected chi connectivity index (χ3v) is 5.54. The van der Waals surface area contributed by atoms with Gasteiger partial charge in [-0.15, -0.1) is 0 Å². The number of allylic oxidation sites excluding steroid dienone is 2. The first-order chi connectivity index (χ1) is 12.0. The average Bonchev–Trinajstić information content (AvgIpc) is 2.95. The second kappa shape index (κ2) is 7.30. The zero-order valence-electron chi connectivity index (χ0n) is 15.0. The first kappa shape index (κ1) is 17.5. The smallest absolute Gasteiger partial charge is 0.220 e. The molecule has 0 spiro atoms. The van der Waals surface area contributed by atoms with Gasteiger partial charge >= 0.3 is 0 Å². The van der Waals surface area contributed by atoms with E-state index in [2.05, 4.69) is 4.90 Å². The molecule has 3 rings (SSSR count). The van der Waals surface area contributed by atoms with Crippen molar-refractivity contribution in [2.24, 2.45) is 11.7 Å². The number of benzene rings is 1. The predicted octanol–water partition coefficient (Wildman–Crippen LogP) is 3.18. The number of carbonyl (C=O) groups excluding carboxylic acids is 2. The fourth-order valence-electron chi connectivity index (χ4n) is 4.08. The minimum atomic E-state index is -0.200. The summed E-state index contributed by atoms with van der Waals surface area (Å²) in [5.41, 5.74) is 8.42. The molecule has 1 aromatic carbocycles. The van der Waals surface area contributed by atoms with E-state index in [9.17, 15) is 9.59 Å². The second-order valence-electron chi connectivity index (χ2n) is 6.94. The third kappa shape index (κ3) is 3.41. The summed E-state index contributed by atoms with van der Waals surface area (Å²) in [5.74, 6) is 0.796. The molecule has 2 aliphatic rings. The zero-order valence-corrected chi connectivity index (χ0v) is 15.0. The van der Waals surface area contributed by atoms with E-state index in [4.69, 9.17) is 10.5 Å². The molecule has 5 nitrogen and oxygen atoms in total. The largest absolute Gasteiger partial charge is 0.495 e. The van der Waals surface area contributed by atoms with Crippen LogP contribution < -0.4 is 15.4 Å². The lowest BCUT2D eigenvalue weighted by Crippen LogP contribution is -2.40. The molecule has 5 heteroatoms. The van der Waals surface area contributed by atoms with Crippen molar-refractivity contribution >= 4 is 17.4 Å². The molecule has 0 saturated heterocycles. The molecule has 0 atom stereocenters. The van der Waals surface area contributed by atoms with Crippen LogP contribution in [0.1, 0.15) is 45.4 Å². The molecule has 1 amide bonds. The van der Waals surface area contributed by atoms with Crippen molar-refractivity contribution in [3.8, 4) is 5.75 Å². The maximum absolute atomic E-state index is 12.1. The van der Waals surface area contributed by atoms with Crippen LogP contribution in [0.3, 0.4) is 0 Å². The molecule has 0 heterocycles. The summed E-state index contributed by atoms with van der Waals surface area (Å²) in [5, 5.41) is 0. The number of hydrogen-bond acceptors (Lipinski definition) is 4. The van der Waals surface area contributed by atoms with Gasteiger partial charge < -0.3 is 15.4 Å². The van der Waals surface area contributed by atoms with Gasteiger partial charge in [0.15, 0.2) is 5.78 Å². The molecule has 1 aromatic rings. The van der Waals surface area contributed by atoms with Crippen molar-refractivity contribution in [2.45, 2.75) is 51.5 Å². The lowest BCUT2D eigenvalue weighted by molar-refractivity contribution is -0.122. The molecular formula is C20H26N2O3. The molecule has 2 N–H and O–H groups in total. The number of ketones is 1. The molecule has 0 aromatic heterocycles. The van der Waals surface area contributed by atoms with E-state index >= 15 is 0 Å². The Morgan fingerprint density at radius 1 is 1.16 bits per heavy atom. The molecular weight excluding hydrogens is 316 g/mol. The molecule has 0 radical (unpaired) electrons. The Morgan fingerprint density at radius 3 is 2.40 bits per heavy atom. The summed E-state index contributed by atoms with van der Waals surface area (Å²) in [7, 11) is 1.67. The van der Waals surface area contributed by atoms with Crippen LogP contribution in [-0.2, 0) is 9.59 Å². The minimum absolute atomic E-state index is 0.0314. The van der Waals surface area contributed by atoms with E-state index in [1.807, 2.05) is 31.2 Å². The number of hydrogen-bond donors (Lipinski definition) is 1. The number of nitrogens with two attached hydrogens (primary N) is 1. The van der Waals surface area contributed by atoms with Crippen molar-refractivity contribution in [1.29, 1.82) is 0 Å². The van der Waals surface area contributed by atoms with Gasteiger partial charge in [0.2, 0.25) is 5.91 Å². The molecule has 0 aliphatic heterocycles. The Kier molecular flexibility index (Phi) is 5.11. The first-order valence-corrected chi connectivity index (χ1v) is 8.97. The number of para-hydroxylation sites is 2. The Labute approximate surface area is 148 Å². The number of nitrogens with zero attached hydrogens (tertiary/aromatic N) is 1. The van der Waals surface area contributed by atoms with Gasteiger partial charge in [0.1, 0.15) is 5.75 Å². The third-order valence-electron chi connectivity index (χ3n) is 5.54. The van der Waals surface area contributed by atoms with E-state index in [1.54, 1.807) is 7.11 Å². The van der Waals surface area contributed by atoms with Gasteiger partial charge in [-0.3, -0.25) is 9.59 Å². The Bertz CT molecular complexity index is 703. The van der Waals surface area contributed by atoms with Crippen LogP contribution in [-0.4, -0.2) is 24.8 Å². The van der Waals surface area contributed by atoms with Gasteiger partial charge in [-0.05, 0) is 51.2 Å². The van der Waals surface area contributed by atoms with Crippen molar-refractivity contribution in [2.75, 3.05) is 12.0 Å². The fourth-order valence-corrected chi connectivity index (χ4v) is 4.08. The Hall–Kier alpha value is -2.30. The number of amides is 1. The number of methoxy groups -OCH3 is 1. The zero-order chi connectivity index (χ0) is 18.0. The molecule has 0 bridgehead atoms.